The number of nitrogens with one attached hydrogen (secondary N) is 1. The van der Waals surface area contributed by atoms with Crippen LogP contribution in [0.3, 0.4) is 0 Å². The van der Waals surface area contributed by atoms with Gasteiger partial charge in [0.2, 0.25) is 0 Å². The largest absolute Gasteiger partial charge is 0.310 e. The van der Waals surface area contributed by atoms with E-state index in [1.54, 1.807) is 0 Å². The van der Waals surface area contributed by atoms with Gasteiger partial charge < -0.3 is 5.32 Å². The van der Waals surface area contributed by atoms with E-state index in [1.807, 2.05) is 24.0 Å². The molecule has 2 rings (SSSR count). The summed E-state index contributed by atoms with van der Waals surface area (Å²) < 4.78 is 2.88. The van der Waals surface area contributed by atoms with Crippen molar-refractivity contribution in [2.75, 3.05) is 6.54 Å². The average Bonchev–Trinajstić information content (AvgIpc) is 2.83. The topological polar surface area (TPSA) is 29.9 Å². The number of hydrogen-bond donors (Lipinski definition) is 1. The van der Waals surface area contributed by atoms with E-state index >= 15 is 0 Å². The van der Waals surface area contributed by atoms with Crippen molar-refractivity contribution in [3.05, 3.63) is 51.2 Å². The molecule has 3 nitrogen and oxygen atoms in total. The first kappa shape index (κ1) is 15.5. The second kappa shape index (κ2) is 7.25. The number of halogens is 2. The zero-order valence-electron chi connectivity index (χ0n) is 11.7. The van der Waals surface area contributed by atoms with Crippen molar-refractivity contribution in [3.63, 3.8) is 0 Å². The number of aryl methyl sites for hydroxylation is 2. The number of benzene rings is 1. The predicted octanol–water partition coefficient (Wildman–Crippen LogP) is 4.12. The van der Waals surface area contributed by atoms with Gasteiger partial charge in [-0.05, 0) is 59.1 Å². The Balaban J connectivity index is 2.10. The summed E-state index contributed by atoms with van der Waals surface area (Å²) in [6, 6.07) is 8.52. The fraction of sp³-hybridized carbons (Fsp3) is 0.400. The third kappa shape index (κ3) is 3.84. The minimum Gasteiger partial charge on any atom is -0.310 e. The monoisotopic (exact) mass is 355 g/mol. The number of rotatable bonds is 6. The minimum atomic E-state index is 0.323. The van der Waals surface area contributed by atoms with E-state index in [0.717, 1.165) is 28.9 Å². The molecule has 0 spiro atoms. The van der Waals surface area contributed by atoms with Crippen molar-refractivity contribution in [1.82, 2.24) is 15.1 Å². The van der Waals surface area contributed by atoms with Gasteiger partial charge in [-0.15, -0.1) is 0 Å². The molecule has 0 bridgehead atoms. The van der Waals surface area contributed by atoms with Gasteiger partial charge in [0, 0.05) is 29.5 Å². The zero-order valence-corrected chi connectivity index (χ0v) is 14.1. The number of aromatic nitrogens is 2. The summed E-state index contributed by atoms with van der Waals surface area (Å²) in [7, 11) is 1.98. The van der Waals surface area contributed by atoms with Gasteiger partial charge in [0.1, 0.15) is 0 Å². The fourth-order valence-corrected chi connectivity index (χ4v) is 2.81. The molecule has 1 unspecified atom stereocenters. The highest BCUT2D eigenvalue weighted by atomic mass is 79.9. The maximum Gasteiger partial charge on any atom is 0.0548 e. The Morgan fingerprint density at radius 2 is 2.20 bits per heavy atom. The molecule has 1 N–H and O–H groups in total. The van der Waals surface area contributed by atoms with Crippen LogP contribution in [-0.2, 0) is 13.5 Å². The molecule has 0 fully saturated rings. The van der Waals surface area contributed by atoms with E-state index in [2.05, 4.69) is 51.5 Å². The summed E-state index contributed by atoms with van der Waals surface area (Å²) in [6.07, 6.45) is 3.87. The molecule has 1 aromatic carbocycles. The molecule has 1 atom stereocenters. The molecular formula is C15H19BrClN3. The summed E-state index contributed by atoms with van der Waals surface area (Å²) in [6.45, 7) is 3.07. The van der Waals surface area contributed by atoms with E-state index in [1.165, 1.54) is 11.3 Å². The van der Waals surface area contributed by atoms with Crippen LogP contribution in [0, 0.1) is 0 Å². The molecule has 2 aromatic rings. The summed E-state index contributed by atoms with van der Waals surface area (Å²) in [5.41, 5.74) is 2.51. The van der Waals surface area contributed by atoms with Crippen molar-refractivity contribution >= 4 is 27.5 Å². The third-order valence-corrected chi connectivity index (χ3v) is 4.62. The maximum atomic E-state index is 6.06. The second-order valence-corrected chi connectivity index (χ2v) is 6.03. The van der Waals surface area contributed by atoms with Gasteiger partial charge in [0.25, 0.3) is 0 Å². The summed E-state index contributed by atoms with van der Waals surface area (Å²) in [5.74, 6) is 0. The molecule has 1 heterocycles. The summed E-state index contributed by atoms with van der Waals surface area (Å²) in [4.78, 5) is 0. The van der Waals surface area contributed by atoms with Gasteiger partial charge in [-0.1, -0.05) is 24.6 Å². The van der Waals surface area contributed by atoms with Gasteiger partial charge in [0.15, 0.2) is 0 Å². The first-order valence-corrected chi connectivity index (χ1v) is 7.94. The third-order valence-electron chi connectivity index (χ3n) is 3.41. The SMILES string of the molecule is CCNC(CCc1ccnn1C)c1ccc(Cl)c(Br)c1. The van der Waals surface area contributed by atoms with Crippen LogP contribution in [0.15, 0.2) is 34.9 Å². The summed E-state index contributed by atoms with van der Waals surface area (Å²) in [5, 5.41) is 8.49. The Kier molecular flexibility index (Phi) is 5.64. The van der Waals surface area contributed by atoms with Gasteiger partial charge in [0.05, 0.1) is 5.02 Å². The van der Waals surface area contributed by atoms with E-state index < -0.39 is 0 Å². The van der Waals surface area contributed by atoms with Crippen molar-refractivity contribution < 1.29 is 0 Å². The minimum absolute atomic E-state index is 0.323. The standard InChI is InChI=1S/C15H19BrClN3/c1-3-18-15(7-5-12-8-9-19-20(12)2)11-4-6-14(17)13(16)10-11/h4,6,8-10,15,18H,3,5,7H2,1-2H3. The van der Waals surface area contributed by atoms with Crippen LogP contribution in [0.4, 0.5) is 0 Å². The molecule has 0 aliphatic carbocycles. The number of nitrogens with zero attached hydrogens (tertiary/aromatic N) is 2. The summed E-state index contributed by atoms with van der Waals surface area (Å²) >= 11 is 9.56. The van der Waals surface area contributed by atoms with Crippen LogP contribution < -0.4 is 5.32 Å². The van der Waals surface area contributed by atoms with Crippen molar-refractivity contribution in [3.8, 4) is 0 Å². The van der Waals surface area contributed by atoms with Crippen molar-refractivity contribution in [2.45, 2.75) is 25.8 Å². The Morgan fingerprint density at radius 1 is 1.40 bits per heavy atom. The van der Waals surface area contributed by atoms with E-state index in [-0.39, 0.29) is 0 Å². The lowest BCUT2D eigenvalue weighted by Gasteiger charge is -2.19. The Labute approximate surface area is 133 Å². The van der Waals surface area contributed by atoms with Gasteiger partial charge in [-0.2, -0.15) is 5.10 Å². The first-order chi connectivity index (χ1) is 9.61. The van der Waals surface area contributed by atoms with Crippen molar-refractivity contribution in [2.24, 2.45) is 7.05 Å². The maximum absolute atomic E-state index is 6.06. The molecule has 0 aliphatic rings. The lowest BCUT2D eigenvalue weighted by atomic mass is 10.0. The van der Waals surface area contributed by atoms with Gasteiger partial charge >= 0.3 is 0 Å². The first-order valence-electron chi connectivity index (χ1n) is 6.77. The quantitative estimate of drug-likeness (QED) is 0.844. The molecule has 0 aliphatic heterocycles. The number of hydrogen-bond acceptors (Lipinski definition) is 2. The van der Waals surface area contributed by atoms with Gasteiger partial charge in [-0.3, -0.25) is 4.68 Å². The van der Waals surface area contributed by atoms with Gasteiger partial charge in [-0.25, -0.2) is 0 Å². The smallest absolute Gasteiger partial charge is 0.0548 e. The predicted molar refractivity (Wildman–Crippen MR) is 87.1 cm³/mol. The molecule has 0 amide bonds. The fourth-order valence-electron chi connectivity index (χ4n) is 2.30. The molecule has 0 radical (unpaired) electrons. The Bertz CT molecular complexity index is 568. The van der Waals surface area contributed by atoms with Crippen LogP contribution in [0.5, 0.6) is 0 Å². The molecule has 0 saturated carbocycles. The van der Waals surface area contributed by atoms with E-state index in [0.29, 0.717) is 6.04 Å². The van der Waals surface area contributed by atoms with E-state index in [4.69, 9.17) is 11.6 Å². The molecule has 0 saturated heterocycles. The van der Waals surface area contributed by atoms with Crippen LogP contribution in [0.2, 0.25) is 5.02 Å². The highest BCUT2D eigenvalue weighted by molar-refractivity contribution is 9.10. The van der Waals surface area contributed by atoms with Crippen LogP contribution in [-0.4, -0.2) is 16.3 Å². The van der Waals surface area contributed by atoms with Crippen molar-refractivity contribution in [1.29, 1.82) is 0 Å². The van der Waals surface area contributed by atoms with E-state index in [9.17, 15) is 0 Å². The second-order valence-electron chi connectivity index (χ2n) is 4.77. The normalized spacial score (nSPS) is 12.6. The molecular weight excluding hydrogens is 338 g/mol. The highest BCUT2D eigenvalue weighted by Gasteiger charge is 2.12. The Morgan fingerprint density at radius 3 is 2.80 bits per heavy atom. The lowest BCUT2D eigenvalue weighted by molar-refractivity contribution is 0.506. The van der Waals surface area contributed by atoms with Crippen LogP contribution >= 0.6 is 27.5 Å². The highest BCUT2D eigenvalue weighted by Crippen LogP contribution is 2.28. The Hall–Kier alpha value is -0.840. The van der Waals surface area contributed by atoms with Crippen LogP contribution in [0.1, 0.15) is 30.6 Å². The molecule has 20 heavy (non-hydrogen) atoms. The van der Waals surface area contributed by atoms with Crippen LogP contribution in [0.25, 0.3) is 0 Å². The lowest BCUT2D eigenvalue weighted by Crippen LogP contribution is -2.21. The molecule has 108 valence electrons. The zero-order chi connectivity index (χ0) is 14.5. The molecule has 5 heteroatoms. The molecule has 1 aromatic heterocycles. The average molecular weight is 357 g/mol.